The predicted octanol–water partition coefficient (Wildman–Crippen LogP) is 3.16. The van der Waals surface area contributed by atoms with Crippen LogP contribution in [0.2, 0.25) is 0 Å². The van der Waals surface area contributed by atoms with Crippen LogP contribution < -0.4 is 15.8 Å². The fourth-order valence-electron chi connectivity index (χ4n) is 3.97. The minimum atomic E-state index is -0.662. The highest BCUT2D eigenvalue weighted by molar-refractivity contribution is 5.93. The standard InChI is InChI=1S/C27H28N4O5/c1-5-36-27(34)21-15-20-24(28-22-8-6-7-13-30(22)26(20)33)31(16-17(2)3)25(21)29-23(32)14-18-9-11-19(35-4)12-10-18/h6-13,15,17H,5,14,16H2,1-4H3. The predicted molar refractivity (Wildman–Crippen MR) is 135 cm³/mol. The molecular weight excluding hydrogens is 460 g/mol. The summed E-state index contributed by atoms with van der Waals surface area (Å²) in [5, 5.41) is 0.240. The maximum absolute atomic E-state index is 13.3. The van der Waals surface area contributed by atoms with Crippen LogP contribution in [0, 0.1) is 5.92 Å². The van der Waals surface area contributed by atoms with E-state index in [1.165, 1.54) is 10.5 Å². The van der Waals surface area contributed by atoms with Gasteiger partial charge in [-0.25, -0.2) is 9.78 Å². The molecule has 0 radical (unpaired) electrons. The normalized spacial score (nSPS) is 11.9. The van der Waals surface area contributed by atoms with Crippen molar-refractivity contribution < 1.29 is 19.1 Å². The second kappa shape index (κ2) is 10.6. The Morgan fingerprint density at radius 1 is 1.11 bits per heavy atom. The first-order valence-electron chi connectivity index (χ1n) is 11.7. The van der Waals surface area contributed by atoms with E-state index >= 15 is 0 Å². The van der Waals surface area contributed by atoms with Gasteiger partial charge >= 0.3 is 5.97 Å². The van der Waals surface area contributed by atoms with E-state index in [-0.39, 0.29) is 40.9 Å². The molecule has 4 rings (SSSR count). The number of amides is 1. The average molecular weight is 489 g/mol. The van der Waals surface area contributed by atoms with Gasteiger partial charge in [-0.3, -0.25) is 14.0 Å². The number of nitrogens with zero attached hydrogens (tertiary/aromatic N) is 4. The first-order valence-corrected chi connectivity index (χ1v) is 11.7. The molecule has 9 heteroatoms. The van der Waals surface area contributed by atoms with Crippen molar-refractivity contribution >= 4 is 28.6 Å². The molecule has 0 saturated carbocycles. The van der Waals surface area contributed by atoms with E-state index < -0.39 is 11.9 Å². The molecule has 36 heavy (non-hydrogen) atoms. The van der Waals surface area contributed by atoms with Gasteiger partial charge in [-0.1, -0.05) is 32.0 Å². The Bertz CT molecular complexity index is 1570. The van der Waals surface area contributed by atoms with Crippen LogP contribution in [0.15, 0.2) is 64.5 Å². The number of rotatable bonds is 7. The molecule has 1 amide bonds. The van der Waals surface area contributed by atoms with Crippen molar-refractivity contribution in [1.29, 1.82) is 0 Å². The molecule has 0 N–H and O–H groups in total. The summed E-state index contributed by atoms with van der Waals surface area (Å²) < 4.78 is 13.5. The van der Waals surface area contributed by atoms with E-state index in [4.69, 9.17) is 14.5 Å². The van der Waals surface area contributed by atoms with Crippen LogP contribution in [0.3, 0.4) is 0 Å². The lowest BCUT2D eigenvalue weighted by Crippen LogP contribution is -2.34. The molecule has 0 aliphatic rings. The highest BCUT2D eigenvalue weighted by Crippen LogP contribution is 2.14. The highest BCUT2D eigenvalue weighted by Gasteiger charge is 2.20. The second-order valence-electron chi connectivity index (χ2n) is 8.72. The number of benzene rings is 1. The number of pyridine rings is 2. The molecule has 0 spiro atoms. The van der Waals surface area contributed by atoms with Crippen molar-refractivity contribution in [3.63, 3.8) is 0 Å². The lowest BCUT2D eigenvalue weighted by molar-refractivity contribution is -0.117. The molecule has 3 heterocycles. The van der Waals surface area contributed by atoms with Gasteiger partial charge in [0.05, 0.1) is 25.5 Å². The maximum Gasteiger partial charge on any atom is 0.341 e. The van der Waals surface area contributed by atoms with Crippen molar-refractivity contribution in [2.45, 2.75) is 33.7 Å². The van der Waals surface area contributed by atoms with Gasteiger partial charge in [0.1, 0.15) is 22.6 Å². The fraction of sp³-hybridized carbons (Fsp3) is 0.296. The number of methoxy groups -OCH3 is 1. The Labute approximate surface area is 207 Å². The zero-order valence-corrected chi connectivity index (χ0v) is 20.7. The summed E-state index contributed by atoms with van der Waals surface area (Å²) in [6.07, 6.45) is 1.65. The zero-order chi connectivity index (χ0) is 25.8. The number of esters is 1. The quantitative estimate of drug-likeness (QED) is 0.292. The molecule has 0 aliphatic heterocycles. The number of ether oxygens (including phenoxy) is 2. The maximum atomic E-state index is 13.3. The van der Waals surface area contributed by atoms with Crippen molar-refractivity contribution in [2.24, 2.45) is 10.9 Å². The van der Waals surface area contributed by atoms with Gasteiger partial charge in [-0.2, -0.15) is 4.99 Å². The van der Waals surface area contributed by atoms with Gasteiger partial charge in [0.2, 0.25) is 0 Å². The lowest BCUT2D eigenvalue weighted by atomic mass is 10.1. The molecule has 3 aromatic heterocycles. The fourth-order valence-corrected chi connectivity index (χ4v) is 3.97. The zero-order valence-electron chi connectivity index (χ0n) is 20.7. The molecule has 186 valence electrons. The van der Waals surface area contributed by atoms with Crippen LogP contribution >= 0.6 is 0 Å². The average Bonchev–Trinajstić information content (AvgIpc) is 2.86. The third-order valence-electron chi connectivity index (χ3n) is 5.58. The van der Waals surface area contributed by atoms with E-state index in [1.54, 1.807) is 67.3 Å². The SMILES string of the molecule is CCOC(=O)c1cc2c(=O)n3ccccc3nc2n(CC(C)C)c1=NC(=O)Cc1ccc(OC)cc1. The van der Waals surface area contributed by atoms with E-state index in [2.05, 4.69) is 4.99 Å². The third-order valence-corrected chi connectivity index (χ3v) is 5.58. The van der Waals surface area contributed by atoms with Crippen molar-refractivity contribution in [3.05, 3.63) is 81.7 Å². The molecule has 0 bridgehead atoms. The number of hydrogen-bond acceptors (Lipinski definition) is 6. The van der Waals surface area contributed by atoms with Gasteiger partial charge in [0.25, 0.3) is 11.5 Å². The van der Waals surface area contributed by atoms with Gasteiger partial charge < -0.3 is 14.0 Å². The highest BCUT2D eigenvalue weighted by atomic mass is 16.5. The Balaban J connectivity index is 1.99. The van der Waals surface area contributed by atoms with Crippen LogP contribution in [0.5, 0.6) is 5.75 Å². The summed E-state index contributed by atoms with van der Waals surface area (Å²) in [6, 6.07) is 13.8. The van der Waals surface area contributed by atoms with E-state index in [9.17, 15) is 14.4 Å². The van der Waals surface area contributed by atoms with Crippen LogP contribution in [0.25, 0.3) is 16.7 Å². The van der Waals surface area contributed by atoms with Crippen LogP contribution in [-0.4, -0.2) is 39.5 Å². The summed E-state index contributed by atoms with van der Waals surface area (Å²) in [7, 11) is 1.57. The molecule has 4 aromatic rings. The van der Waals surface area contributed by atoms with Crippen molar-refractivity contribution in [3.8, 4) is 5.75 Å². The topological polar surface area (TPSA) is 104 Å². The lowest BCUT2D eigenvalue weighted by Gasteiger charge is -2.16. The molecule has 0 atom stereocenters. The van der Waals surface area contributed by atoms with Gasteiger partial charge in [-0.15, -0.1) is 0 Å². The van der Waals surface area contributed by atoms with E-state index in [0.29, 0.717) is 23.6 Å². The summed E-state index contributed by atoms with van der Waals surface area (Å²) in [5.41, 5.74) is 1.40. The number of carbonyl (C=O) groups excluding carboxylic acids is 2. The number of aromatic nitrogens is 3. The van der Waals surface area contributed by atoms with Gasteiger partial charge in [-0.05, 0) is 48.7 Å². The van der Waals surface area contributed by atoms with Crippen LogP contribution in [0.1, 0.15) is 36.7 Å². The van der Waals surface area contributed by atoms with Gasteiger partial charge in [0.15, 0.2) is 5.49 Å². The van der Waals surface area contributed by atoms with Gasteiger partial charge in [0, 0.05) is 12.7 Å². The smallest absolute Gasteiger partial charge is 0.341 e. The minimum absolute atomic E-state index is 0.0276. The molecule has 0 saturated heterocycles. The molecule has 0 unspecified atom stereocenters. The summed E-state index contributed by atoms with van der Waals surface area (Å²) >= 11 is 0. The second-order valence-corrected chi connectivity index (χ2v) is 8.72. The number of fused-ring (bicyclic) bond motifs is 2. The van der Waals surface area contributed by atoms with Crippen molar-refractivity contribution in [1.82, 2.24) is 14.0 Å². The third kappa shape index (κ3) is 5.05. The monoisotopic (exact) mass is 488 g/mol. The molecule has 1 aromatic carbocycles. The Kier molecular flexibility index (Phi) is 7.28. The Hall–Kier alpha value is -4.27. The molecular formula is C27H28N4O5. The first-order chi connectivity index (χ1) is 17.3. The summed E-state index contributed by atoms with van der Waals surface area (Å²) in [5.74, 6) is -0.315. The summed E-state index contributed by atoms with van der Waals surface area (Å²) in [4.78, 5) is 48.4. The number of carbonyl (C=O) groups is 2. The molecule has 0 aliphatic carbocycles. The van der Waals surface area contributed by atoms with E-state index in [0.717, 1.165) is 5.56 Å². The first kappa shape index (κ1) is 24.8. The largest absolute Gasteiger partial charge is 0.497 e. The van der Waals surface area contributed by atoms with Crippen LogP contribution in [0.4, 0.5) is 0 Å². The Morgan fingerprint density at radius 2 is 1.86 bits per heavy atom. The van der Waals surface area contributed by atoms with Crippen molar-refractivity contribution in [2.75, 3.05) is 13.7 Å². The van der Waals surface area contributed by atoms with E-state index in [1.807, 2.05) is 13.8 Å². The molecule has 9 nitrogen and oxygen atoms in total. The van der Waals surface area contributed by atoms with Crippen LogP contribution in [-0.2, 0) is 22.5 Å². The Morgan fingerprint density at radius 3 is 2.53 bits per heavy atom. The minimum Gasteiger partial charge on any atom is -0.497 e. The summed E-state index contributed by atoms with van der Waals surface area (Å²) in [6.45, 7) is 6.19. The number of hydrogen-bond donors (Lipinski definition) is 0. The molecule has 0 fully saturated rings.